The minimum Gasteiger partial charge on any atom is -0.477 e. The monoisotopic (exact) mass is 305 g/mol. The summed E-state index contributed by atoms with van der Waals surface area (Å²) in [4.78, 5) is 24.1. The van der Waals surface area contributed by atoms with Crippen LogP contribution in [0, 0.1) is 20.8 Å². The molecular formula is C16H16ClNO3. The van der Waals surface area contributed by atoms with Crippen LogP contribution in [0.25, 0.3) is 5.52 Å². The summed E-state index contributed by atoms with van der Waals surface area (Å²) in [6.45, 7) is 5.68. The van der Waals surface area contributed by atoms with E-state index in [1.54, 1.807) is 0 Å². The fraction of sp³-hybridized carbons (Fsp3) is 0.375. The molecule has 0 atom stereocenters. The first-order valence-electron chi connectivity index (χ1n) is 6.92. The molecule has 0 saturated heterocycles. The lowest BCUT2D eigenvalue weighted by Gasteiger charge is -2.17. The molecule has 0 bridgehead atoms. The zero-order chi connectivity index (χ0) is 15.5. The van der Waals surface area contributed by atoms with Gasteiger partial charge in [-0.25, -0.2) is 4.79 Å². The van der Waals surface area contributed by atoms with E-state index < -0.39 is 11.5 Å². The van der Waals surface area contributed by atoms with E-state index in [0.717, 1.165) is 40.7 Å². The largest absolute Gasteiger partial charge is 0.477 e. The third-order valence-electron chi connectivity index (χ3n) is 4.26. The van der Waals surface area contributed by atoms with E-state index in [1.165, 1.54) is 4.40 Å². The Balaban J connectivity index is 2.63. The number of hydrogen-bond donors (Lipinski definition) is 1. The average molecular weight is 306 g/mol. The minimum absolute atomic E-state index is 0.112. The normalized spacial score (nSPS) is 14.7. The number of hydrogen-bond acceptors (Lipinski definition) is 2. The van der Waals surface area contributed by atoms with Gasteiger partial charge in [-0.2, -0.15) is 0 Å². The Bertz CT molecular complexity index is 847. The average Bonchev–Trinajstić information content (AvgIpc) is 3.19. The van der Waals surface area contributed by atoms with E-state index in [4.69, 9.17) is 11.6 Å². The molecule has 2 heterocycles. The lowest BCUT2D eigenvalue weighted by molar-refractivity contribution is 0.0695. The second kappa shape index (κ2) is 4.60. The lowest BCUT2D eigenvalue weighted by Crippen LogP contribution is -2.26. The van der Waals surface area contributed by atoms with Gasteiger partial charge in [0.15, 0.2) is 0 Å². The van der Waals surface area contributed by atoms with Crippen LogP contribution in [0.2, 0.25) is 5.02 Å². The van der Waals surface area contributed by atoms with Crippen molar-refractivity contribution in [3.63, 3.8) is 0 Å². The third kappa shape index (κ3) is 1.97. The molecule has 0 amide bonds. The maximum absolute atomic E-state index is 12.6. The summed E-state index contributed by atoms with van der Waals surface area (Å²) in [5.41, 5.74) is 3.41. The van der Waals surface area contributed by atoms with Crippen LogP contribution in [0.4, 0.5) is 0 Å². The highest BCUT2D eigenvalue weighted by molar-refractivity contribution is 6.34. The number of aryl methyl sites for hydroxylation is 3. The van der Waals surface area contributed by atoms with Gasteiger partial charge in [0.25, 0.3) is 5.56 Å². The summed E-state index contributed by atoms with van der Waals surface area (Å²) in [5.74, 6) is -1.01. The number of rotatable bonds is 2. The van der Waals surface area contributed by atoms with Crippen molar-refractivity contribution < 1.29 is 9.90 Å². The Morgan fingerprint density at radius 2 is 1.90 bits per heavy atom. The van der Waals surface area contributed by atoms with Gasteiger partial charge in [0, 0.05) is 5.69 Å². The molecule has 1 N–H and O–H groups in total. The van der Waals surface area contributed by atoms with E-state index in [-0.39, 0.29) is 16.5 Å². The predicted molar refractivity (Wildman–Crippen MR) is 81.8 cm³/mol. The summed E-state index contributed by atoms with van der Waals surface area (Å²) in [6.07, 6.45) is 1.97. The van der Waals surface area contributed by atoms with Gasteiger partial charge in [0.05, 0.1) is 10.5 Å². The maximum Gasteiger partial charge on any atom is 0.342 e. The summed E-state index contributed by atoms with van der Waals surface area (Å²) < 4.78 is 1.52. The summed E-state index contributed by atoms with van der Waals surface area (Å²) in [6, 6.07) is 2.02. The van der Waals surface area contributed by atoms with Crippen LogP contribution in [0.15, 0.2) is 10.9 Å². The highest BCUT2D eigenvalue weighted by atomic mass is 35.5. The van der Waals surface area contributed by atoms with Crippen LogP contribution in [-0.4, -0.2) is 15.5 Å². The second-order valence-corrected chi connectivity index (χ2v) is 6.14. The zero-order valence-corrected chi connectivity index (χ0v) is 12.9. The molecule has 0 radical (unpaired) electrons. The van der Waals surface area contributed by atoms with Crippen molar-refractivity contribution in [1.29, 1.82) is 0 Å². The molecule has 0 aromatic carbocycles. The number of carboxylic acid groups (broad SMARTS) is 1. The van der Waals surface area contributed by atoms with Gasteiger partial charge >= 0.3 is 5.97 Å². The van der Waals surface area contributed by atoms with Crippen molar-refractivity contribution in [3.05, 3.63) is 49.4 Å². The van der Waals surface area contributed by atoms with Gasteiger partial charge in [-0.1, -0.05) is 17.7 Å². The number of fused-ring (bicyclic) bond motifs is 1. The number of halogens is 1. The molecular weight excluding hydrogens is 290 g/mol. The Morgan fingerprint density at radius 3 is 2.43 bits per heavy atom. The first kappa shape index (κ1) is 14.1. The highest BCUT2D eigenvalue weighted by Gasteiger charge is 2.33. The molecule has 2 aromatic heterocycles. The lowest BCUT2D eigenvalue weighted by atomic mass is 10.0. The minimum atomic E-state index is -1.26. The van der Waals surface area contributed by atoms with Crippen LogP contribution in [-0.2, 0) is 0 Å². The van der Waals surface area contributed by atoms with Crippen molar-refractivity contribution in [1.82, 2.24) is 4.40 Å². The van der Waals surface area contributed by atoms with E-state index in [0.29, 0.717) is 0 Å². The van der Waals surface area contributed by atoms with Gasteiger partial charge in [0.1, 0.15) is 5.56 Å². The van der Waals surface area contributed by atoms with Crippen LogP contribution in [0.5, 0.6) is 0 Å². The van der Waals surface area contributed by atoms with Crippen LogP contribution >= 0.6 is 11.6 Å². The molecule has 2 aromatic rings. The summed E-state index contributed by atoms with van der Waals surface area (Å²) >= 11 is 6.29. The summed E-state index contributed by atoms with van der Waals surface area (Å²) in [7, 11) is 0. The van der Waals surface area contributed by atoms with Crippen LogP contribution in [0.1, 0.15) is 51.5 Å². The highest BCUT2D eigenvalue weighted by Crippen LogP contribution is 2.46. The van der Waals surface area contributed by atoms with Crippen LogP contribution in [0.3, 0.4) is 0 Å². The van der Waals surface area contributed by atoms with E-state index >= 15 is 0 Å². The molecule has 1 aliphatic carbocycles. The SMILES string of the molecule is Cc1cc(C)c2c(C3CC3)c(Cl)c(C(=O)O)c(=O)n2c1C. The fourth-order valence-electron chi connectivity index (χ4n) is 2.98. The van der Waals surface area contributed by atoms with Gasteiger partial charge in [-0.3, -0.25) is 9.20 Å². The standard InChI is InChI=1S/C16H16ClNO3/c1-7-6-8(2)14-11(10-4-5-10)13(17)12(16(20)21)15(19)18(14)9(7)3/h6,10H,4-5H2,1-3H3,(H,20,21). The van der Waals surface area contributed by atoms with Gasteiger partial charge in [0.2, 0.25) is 0 Å². The maximum atomic E-state index is 12.6. The molecule has 3 rings (SSSR count). The number of pyridine rings is 2. The number of aromatic carboxylic acids is 1. The third-order valence-corrected chi connectivity index (χ3v) is 4.66. The topological polar surface area (TPSA) is 58.8 Å². The molecule has 1 fully saturated rings. The zero-order valence-electron chi connectivity index (χ0n) is 12.2. The molecule has 110 valence electrons. The molecule has 1 aliphatic rings. The molecule has 1 saturated carbocycles. The number of carbonyl (C=O) groups is 1. The number of aromatic nitrogens is 1. The van der Waals surface area contributed by atoms with Crippen molar-refractivity contribution in [2.75, 3.05) is 0 Å². The van der Waals surface area contributed by atoms with Crippen molar-refractivity contribution in [2.45, 2.75) is 39.5 Å². The first-order valence-corrected chi connectivity index (χ1v) is 7.30. The first-order chi connectivity index (χ1) is 9.84. The predicted octanol–water partition coefficient (Wildman–Crippen LogP) is 3.45. The number of carboxylic acids is 1. The Labute approximate surface area is 127 Å². The Kier molecular flexibility index (Phi) is 3.10. The quantitative estimate of drug-likeness (QED) is 0.924. The summed E-state index contributed by atoms with van der Waals surface area (Å²) in [5, 5.41) is 9.48. The Hall–Kier alpha value is -1.81. The molecule has 0 unspecified atom stereocenters. The fourth-order valence-corrected chi connectivity index (χ4v) is 3.38. The van der Waals surface area contributed by atoms with E-state index in [9.17, 15) is 14.7 Å². The molecule has 0 aliphatic heterocycles. The van der Waals surface area contributed by atoms with Gasteiger partial charge in [-0.15, -0.1) is 0 Å². The smallest absolute Gasteiger partial charge is 0.342 e. The Morgan fingerprint density at radius 1 is 1.29 bits per heavy atom. The van der Waals surface area contributed by atoms with Gasteiger partial charge < -0.3 is 5.11 Å². The number of nitrogens with zero attached hydrogens (tertiary/aromatic N) is 1. The molecule has 4 nitrogen and oxygen atoms in total. The molecule has 21 heavy (non-hydrogen) atoms. The van der Waals surface area contributed by atoms with E-state index in [2.05, 4.69) is 0 Å². The van der Waals surface area contributed by atoms with Gasteiger partial charge in [-0.05, 0) is 56.2 Å². The molecule has 0 spiro atoms. The van der Waals surface area contributed by atoms with Crippen molar-refractivity contribution in [3.8, 4) is 0 Å². The second-order valence-electron chi connectivity index (χ2n) is 5.77. The van der Waals surface area contributed by atoms with Crippen LogP contribution < -0.4 is 5.56 Å². The molecule has 5 heteroatoms. The van der Waals surface area contributed by atoms with Crippen molar-refractivity contribution >= 4 is 23.1 Å². The van der Waals surface area contributed by atoms with E-state index in [1.807, 2.05) is 26.8 Å². The van der Waals surface area contributed by atoms with Crippen molar-refractivity contribution in [2.24, 2.45) is 0 Å².